The lowest BCUT2D eigenvalue weighted by molar-refractivity contribution is 0.305. The second-order valence-electron chi connectivity index (χ2n) is 2.74. The fourth-order valence-corrected chi connectivity index (χ4v) is 1.75. The van der Waals surface area contributed by atoms with Gasteiger partial charge in [-0.25, -0.2) is 4.98 Å². The molecule has 0 saturated carbocycles. The van der Waals surface area contributed by atoms with Gasteiger partial charge in [-0.3, -0.25) is 0 Å². The van der Waals surface area contributed by atoms with Crippen molar-refractivity contribution < 1.29 is 4.74 Å². The molecule has 4 heteroatoms. The van der Waals surface area contributed by atoms with Crippen molar-refractivity contribution in [1.29, 1.82) is 0 Å². The van der Waals surface area contributed by atoms with Gasteiger partial charge in [0.1, 0.15) is 17.5 Å². The molecule has 0 aliphatic heterocycles. The molecule has 0 atom stereocenters. The summed E-state index contributed by atoms with van der Waals surface area (Å²) in [4.78, 5) is 3.92. The molecule has 0 radical (unpaired) electrons. The zero-order valence-electron chi connectivity index (χ0n) is 7.31. The third-order valence-corrected chi connectivity index (χ3v) is 2.64. The first-order valence-corrected chi connectivity index (χ1v) is 5.42. The van der Waals surface area contributed by atoms with E-state index in [1.807, 2.05) is 17.5 Å². The number of halogens is 1. The highest BCUT2D eigenvalue weighted by Gasteiger charge is 1.96. The first kappa shape index (κ1) is 9.49. The predicted octanol–water partition coefficient (Wildman–Crippen LogP) is 3.38. The van der Waals surface area contributed by atoms with Gasteiger partial charge >= 0.3 is 0 Å². The van der Waals surface area contributed by atoms with Gasteiger partial charge in [-0.05, 0) is 34.5 Å². The number of pyridine rings is 1. The Hall–Kier alpha value is -1.06. The molecule has 0 spiro atoms. The van der Waals surface area contributed by atoms with Crippen molar-refractivity contribution in [1.82, 2.24) is 4.98 Å². The molecule has 0 amide bonds. The van der Waals surface area contributed by atoms with Crippen LogP contribution in [0.3, 0.4) is 0 Å². The first-order valence-electron chi connectivity index (χ1n) is 4.10. The van der Waals surface area contributed by atoms with Crippen LogP contribution in [0.5, 0.6) is 5.75 Å². The largest absolute Gasteiger partial charge is 0.487 e. The number of nitrogens with zero attached hydrogens (tertiary/aromatic N) is 1. The van der Waals surface area contributed by atoms with Crippen LogP contribution in [0.25, 0.3) is 0 Å². The van der Waals surface area contributed by atoms with Gasteiger partial charge in [0.05, 0.1) is 6.20 Å². The van der Waals surface area contributed by atoms with E-state index in [1.165, 1.54) is 5.56 Å². The minimum Gasteiger partial charge on any atom is -0.487 e. The Morgan fingerprint density at radius 2 is 2.29 bits per heavy atom. The molecular formula is C10H8ClNOS. The van der Waals surface area contributed by atoms with Gasteiger partial charge in [-0.1, -0.05) is 11.6 Å². The highest BCUT2D eigenvalue weighted by atomic mass is 35.5. The zero-order chi connectivity index (χ0) is 9.80. The van der Waals surface area contributed by atoms with E-state index in [0.717, 1.165) is 5.75 Å². The molecule has 2 heterocycles. The number of hydrogen-bond acceptors (Lipinski definition) is 3. The van der Waals surface area contributed by atoms with E-state index < -0.39 is 0 Å². The van der Waals surface area contributed by atoms with Crippen LogP contribution in [0.4, 0.5) is 0 Å². The Morgan fingerprint density at radius 3 is 2.93 bits per heavy atom. The average Bonchev–Trinajstić information content (AvgIpc) is 2.70. The van der Waals surface area contributed by atoms with E-state index in [1.54, 1.807) is 23.6 Å². The summed E-state index contributed by atoms with van der Waals surface area (Å²) in [6.07, 6.45) is 1.62. The molecule has 0 N–H and O–H groups in total. The predicted molar refractivity (Wildman–Crippen MR) is 57.9 cm³/mol. The van der Waals surface area contributed by atoms with Gasteiger partial charge in [0.2, 0.25) is 0 Å². The Bertz CT molecular complexity index is 385. The summed E-state index contributed by atoms with van der Waals surface area (Å²) in [5.74, 6) is 0.737. The quantitative estimate of drug-likeness (QED) is 0.748. The van der Waals surface area contributed by atoms with E-state index in [2.05, 4.69) is 10.4 Å². The molecule has 2 nitrogen and oxygen atoms in total. The average molecular weight is 226 g/mol. The molecule has 14 heavy (non-hydrogen) atoms. The van der Waals surface area contributed by atoms with Crippen LogP contribution >= 0.6 is 22.9 Å². The maximum atomic E-state index is 5.65. The van der Waals surface area contributed by atoms with Crippen molar-refractivity contribution in [2.24, 2.45) is 0 Å². The molecule has 0 unspecified atom stereocenters. The van der Waals surface area contributed by atoms with Crippen LogP contribution in [0.1, 0.15) is 5.56 Å². The zero-order valence-corrected chi connectivity index (χ0v) is 8.89. The summed E-state index contributed by atoms with van der Waals surface area (Å²) in [5, 5.41) is 4.56. The number of thiophene rings is 1. The van der Waals surface area contributed by atoms with Crippen LogP contribution in [0, 0.1) is 0 Å². The molecule has 72 valence electrons. The topological polar surface area (TPSA) is 22.1 Å². The van der Waals surface area contributed by atoms with E-state index in [-0.39, 0.29) is 0 Å². The van der Waals surface area contributed by atoms with Gasteiger partial charge in [-0.15, -0.1) is 0 Å². The minimum atomic E-state index is 0.480. The number of aromatic nitrogens is 1. The third kappa shape index (κ3) is 2.47. The number of hydrogen-bond donors (Lipinski definition) is 0. The fourth-order valence-electron chi connectivity index (χ4n) is 0.989. The number of rotatable bonds is 3. The lowest BCUT2D eigenvalue weighted by Crippen LogP contribution is -1.93. The van der Waals surface area contributed by atoms with E-state index in [4.69, 9.17) is 16.3 Å². The van der Waals surface area contributed by atoms with Crippen LogP contribution in [-0.4, -0.2) is 4.98 Å². The SMILES string of the molecule is Clc1ccc(OCc2ccsc2)cn1. The molecule has 0 saturated heterocycles. The van der Waals surface area contributed by atoms with Gasteiger partial charge in [0.25, 0.3) is 0 Å². The molecule has 2 aromatic rings. The minimum absolute atomic E-state index is 0.480. The molecule has 0 bridgehead atoms. The second kappa shape index (κ2) is 4.44. The molecule has 2 rings (SSSR count). The van der Waals surface area contributed by atoms with Gasteiger partial charge in [-0.2, -0.15) is 11.3 Å². The highest BCUT2D eigenvalue weighted by Crippen LogP contribution is 2.14. The lowest BCUT2D eigenvalue weighted by Gasteiger charge is -2.03. The van der Waals surface area contributed by atoms with Gasteiger partial charge in [0.15, 0.2) is 0 Å². The Kier molecular flexibility index (Phi) is 3.01. The monoisotopic (exact) mass is 225 g/mol. The maximum Gasteiger partial charge on any atom is 0.138 e. The van der Waals surface area contributed by atoms with E-state index >= 15 is 0 Å². The van der Waals surface area contributed by atoms with Crippen molar-refractivity contribution in [3.63, 3.8) is 0 Å². The first-order chi connectivity index (χ1) is 6.84. The van der Waals surface area contributed by atoms with E-state index in [9.17, 15) is 0 Å². The lowest BCUT2D eigenvalue weighted by atomic mass is 10.4. The summed E-state index contributed by atoms with van der Waals surface area (Å²) in [5.41, 5.74) is 1.17. The Balaban J connectivity index is 1.95. The number of ether oxygens (including phenoxy) is 1. The fraction of sp³-hybridized carbons (Fsp3) is 0.100. The highest BCUT2D eigenvalue weighted by molar-refractivity contribution is 7.07. The summed E-state index contributed by atoms with van der Waals surface area (Å²) in [6.45, 7) is 0.576. The third-order valence-electron chi connectivity index (χ3n) is 1.69. The Morgan fingerprint density at radius 1 is 1.36 bits per heavy atom. The molecule has 2 aromatic heterocycles. The molecule has 0 aliphatic carbocycles. The standard InChI is InChI=1S/C10H8ClNOS/c11-10-2-1-9(5-12-10)13-6-8-3-4-14-7-8/h1-5,7H,6H2. The smallest absolute Gasteiger partial charge is 0.138 e. The molecule has 0 fully saturated rings. The van der Waals surface area contributed by atoms with Crippen LogP contribution < -0.4 is 4.74 Å². The normalized spacial score (nSPS) is 10.1. The van der Waals surface area contributed by atoms with Crippen LogP contribution in [0.15, 0.2) is 35.2 Å². The molecular weight excluding hydrogens is 218 g/mol. The Labute approximate surface area is 91.1 Å². The van der Waals surface area contributed by atoms with Gasteiger partial charge in [0, 0.05) is 0 Å². The van der Waals surface area contributed by atoms with Crippen molar-refractivity contribution in [2.75, 3.05) is 0 Å². The van der Waals surface area contributed by atoms with Crippen molar-refractivity contribution in [3.05, 3.63) is 45.9 Å². The summed E-state index contributed by atoms with van der Waals surface area (Å²) >= 11 is 7.31. The van der Waals surface area contributed by atoms with E-state index in [0.29, 0.717) is 11.8 Å². The maximum absolute atomic E-state index is 5.65. The van der Waals surface area contributed by atoms with Crippen molar-refractivity contribution >= 4 is 22.9 Å². The van der Waals surface area contributed by atoms with Crippen LogP contribution in [-0.2, 0) is 6.61 Å². The van der Waals surface area contributed by atoms with Crippen LogP contribution in [0.2, 0.25) is 5.15 Å². The van der Waals surface area contributed by atoms with Gasteiger partial charge < -0.3 is 4.74 Å². The second-order valence-corrected chi connectivity index (χ2v) is 3.90. The summed E-state index contributed by atoms with van der Waals surface area (Å²) in [7, 11) is 0. The summed E-state index contributed by atoms with van der Waals surface area (Å²) < 4.78 is 5.49. The summed E-state index contributed by atoms with van der Waals surface area (Å²) in [6, 6.07) is 5.56. The van der Waals surface area contributed by atoms with Crippen molar-refractivity contribution in [2.45, 2.75) is 6.61 Å². The molecule has 0 aromatic carbocycles. The molecule has 0 aliphatic rings. The van der Waals surface area contributed by atoms with Crippen molar-refractivity contribution in [3.8, 4) is 5.75 Å².